The molecule has 0 aliphatic carbocycles. The van der Waals surface area contributed by atoms with Gasteiger partial charge < -0.3 is 10.2 Å². The Bertz CT molecular complexity index is 1140. The fourth-order valence-corrected chi connectivity index (χ4v) is 2.75. The van der Waals surface area contributed by atoms with E-state index in [1.165, 1.54) is 12.3 Å². The third-order valence-corrected chi connectivity index (χ3v) is 4.10. The summed E-state index contributed by atoms with van der Waals surface area (Å²) in [4.78, 5) is 18.9. The minimum absolute atomic E-state index is 0.0183. The Morgan fingerprint density at radius 3 is 2.71 bits per heavy atom. The van der Waals surface area contributed by atoms with Gasteiger partial charge in [0.1, 0.15) is 23.1 Å². The molecule has 0 bridgehead atoms. The topological polar surface area (TPSA) is 134 Å². The summed E-state index contributed by atoms with van der Waals surface area (Å²) >= 11 is 5.82. The maximum atomic E-state index is 12.2. The van der Waals surface area contributed by atoms with Gasteiger partial charge in [-0.15, -0.1) is 11.6 Å². The van der Waals surface area contributed by atoms with Crippen LogP contribution in [0.15, 0.2) is 52.4 Å². The van der Waals surface area contributed by atoms with Gasteiger partial charge in [-0.3, -0.25) is 9.78 Å². The highest BCUT2D eigenvalue weighted by molar-refractivity contribution is 6.17. The largest absolute Gasteiger partial charge is 0.508 e. The first-order valence-electron chi connectivity index (χ1n) is 8.03. The second-order valence-electron chi connectivity index (χ2n) is 5.66. The Kier molecular flexibility index (Phi) is 5.58. The van der Waals surface area contributed by atoms with E-state index in [4.69, 9.17) is 11.6 Å². The van der Waals surface area contributed by atoms with Crippen molar-refractivity contribution in [1.29, 1.82) is 5.26 Å². The van der Waals surface area contributed by atoms with E-state index >= 15 is 0 Å². The van der Waals surface area contributed by atoms with Gasteiger partial charge in [-0.2, -0.15) is 10.4 Å². The number of alkyl halides is 1. The van der Waals surface area contributed by atoms with Gasteiger partial charge in [0.25, 0.3) is 5.56 Å². The molecule has 0 fully saturated rings. The van der Waals surface area contributed by atoms with Crippen LogP contribution in [0.3, 0.4) is 0 Å². The lowest BCUT2D eigenvalue weighted by Gasteiger charge is -2.07. The molecular formula is C19H14ClN5O3. The molecule has 0 unspecified atom stereocenters. The zero-order valence-electron chi connectivity index (χ0n) is 14.3. The number of aromatic nitrogens is 2. The molecule has 28 heavy (non-hydrogen) atoms. The SMILES string of the molecule is N#Cc1c(-c2ccccc2)nc(NN=Cc2c(O)cc(O)cc2CCl)[nH]c1=O. The summed E-state index contributed by atoms with van der Waals surface area (Å²) in [5, 5.41) is 32.7. The van der Waals surface area contributed by atoms with Gasteiger partial charge in [0.2, 0.25) is 5.95 Å². The average molecular weight is 396 g/mol. The number of H-pyrrole nitrogens is 1. The van der Waals surface area contributed by atoms with E-state index in [1.807, 2.05) is 12.1 Å². The minimum Gasteiger partial charge on any atom is -0.508 e. The summed E-state index contributed by atoms with van der Waals surface area (Å²) in [6, 6.07) is 13.2. The van der Waals surface area contributed by atoms with Gasteiger partial charge in [-0.05, 0) is 11.6 Å². The number of aromatic hydroxyl groups is 2. The molecule has 0 radical (unpaired) electrons. The Labute approximate surface area is 164 Å². The number of phenolic OH excluding ortho intramolecular Hbond substituents is 2. The van der Waals surface area contributed by atoms with E-state index in [-0.39, 0.29) is 34.6 Å². The fraction of sp³-hybridized carbons (Fsp3) is 0.0526. The fourth-order valence-electron chi connectivity index (χ4n) is 2.53. The van der Waals surface area contributed by atoms with Crippen molar-refractivity contribution in [2.24, 2.45) is 5.10 Å². The third kappa shape index (κ3) is 3.95. The van der Waals surface area contributed by atoms with Crippen LogP contribution in [0, 0.1) is 11.3 Å². The Balaban J connectivity index is 1.95. The van der Waals surface area contributed by atoms with Gasteiger partial charge >= 0.3 is 0 Å². The number of anilines is 1. The molecule has 2 aromatic carbocycles. The summed E-state index contributed by atoms with van der Waals surface area (Å²) in [7, 11) is 0. The highest BCUT2D eigenvalue weighted by atomic mass is 35.5. The van der Waals surface area contributed by atoms with Crippen LogP contribution < -0.4 is 11.0 Å². The number of nitrogens with one attached hydrogen (secondary N) is 2. The Morgan fingerprint density at radius 2 is 2.04 bits per heavy atom. The standard InChI is InChI=1S/C19H14ClN5O3/c20-8-12-6-13(26)7-16(27)15(12)10-22-25-19-23-17(11-4-2-1-3-5-11)14(9-21)18(28)24-19/h1-7,10,26-27H,8H2,(H2,23,24,25,28). The summed E-state index contributed by atoms with van der Waals surface area (Å²) in [5.74, 6) is -0.256. The lowest BCUT2D eigenvalue weighted by Crippen LogP contribution is -2.16. The first kappa shape index (κ1) is 18.9. The van der Waals surface area contributed by atoms with Gasteiger partial charge in [0.15, 0.2) is 0 Å². The van der Waals surface area contributed by atoms with E-state index in [1.54, 1.807) is 24.3 Å². The molecule has 1 aromatic heterocycles. The van der Waals surface area contributed by atoms with Crippen LogP contribution in [0.25, 0.3) is 11.3 Å². The molecule has 0 spiro atoms. The molecule has 8 nitrogen and oxygen atoms in total. The summed E-state index contributed by atoms with van der Waals surface area (Å²) in [6.45, 7) is 0. The van der Waals surface area contributed by atoms with Crippen LogP contribution in [0.5, 0.6) is 11.5 Å². The highest BCUT2D eigenvalue weighted by Crippen LogP contribution is 2.27. The molecular weight excluding hydrogens is 382 g/mol. The van der Waals surface area contributed by atoms with Crippen LogP contribution in [0.4, 0.5) is 5.95 Å². The molecule has 3 rings (SSSR count). The number of aromatic amines is 1. The molecule has 0 aliphatic rings. The predicted octanol–water partition coefficient (Wildman–Crippen LogP) is 2.90. The quantitative estimate of drug-likeness (QED) is 0.298. The molecule has 1 heterocycles. The van der Waals surface area contributed by atoms with Crippen molar-refractivity contribution in [2.75, 3.05) is 5.43 Å². The number of nitriles is 1. The molecule has 4 N–H and O–H groups in total. The van der Waals surface area contributed by atoms with Crippen LogP contribution in [-0.2, 0) is 5.88 Å². The zero-order valence-corrected chi connectivity index (χ0v) is 15.1. The van der Waals surface area contributed by atoms with Crippen LogP contribution in [0.1, 0.15) is 16.7 Å². The van der Waals surface area contributed by atoms with E-state index in [9.17, 15) is 20.3 Å². The van der Waals surface area contributed by atoms with E-state index in [0.29, 0.717) is 16.7 Å². The lowest BCUT2D eigenvalue weighted by atomic mass is 10.1. The average Bonchev–Trinajstić information content (AvgIpc) is 2.69. The Hall–Kier alpha value is -3.83. The maximum Gasteiger partial charge on any atom is 0.270 e. The molecule has 0 atom stereocenters. The number of hydrazone groups is 1. The van der Waals surface area contributed by atoms with E-state index in [0.717, 1.165) is 6.07 Å². The van der Waals surface area contributed by atoms with Crippen molar-refractivity contribution < 1.29 is 10.2 Å². The third-order valence-electron chi connectivity index (χ3n) is 3.82. The zero-order chi connectivity index (χ0) is 20.1. The number of hydrogen-bond acceptors (Lipinski definition) is 7. The first-order chi connectivity index (χ1) is 13.5. The number of rotatable bonds is 5. The molecule has 3 aromatic rings. The predicted molar refractivity (Wildman–Crippen MR) is 106 cm³/mol. The van der Waals surface area contributed by atoms with Crippen LogP contribution in [0.2, 0.25) is 0 Å². The minimum atomic E-state index is -0.608. The molecule has 0 saturated carbocycles. The van der Waals surface area contributed by atoms with Gasteiger partial charge in [0.05, 0.1) is 11.9 Å². The van der Waals surface area contributed by atoms with Crippen molar-refractivity contribution in [3.8, 4) is 28.8 Å². The van der Waals surface area contributed by atoms with Crippen molar-refractivity contribution >= 4 is 23.8 Å². The lowest BCUT2D eigenvalue weighted by molar-refractivity contribution is 0.449. The smallest absolute Gasteiger partial charge is 0.270 e. The van der Waals surface area contributed by atoms with Gasteiger partial charge in [-0.1, -0.05) is 30.3 Å². The number of phenols is 2. The Morgan fingerprint density at radius 1 is 1.29 bits per heavy atom. The molecule has 0 amide bonds. The number of halogens is 1. The van der Waals surface area contributed by atoms with Crippen molar-refractivity contribution in [3.05, 3.63) is 69.5 Å². The van der Waals surface area contributed by atoms with Crippen LogP contribution in [-0.4, -0.2) is 26.4 Å². The number of benzene rings is 2. The van der Waals surface area contributed by atoms with Gasteiger partial charge in [0, 0.05) is 23.1 Å². The number of hydrogen-bond donors (Lipinski definition) is 4. The van der Waals surface area contributed by atoms with Crippen molar-refractivity contribution in [3.63, 3.8) is 0 Å². The summed E-state index contributed by atoms with van der Waals surface area (Å²) in [5.41, 5.74) is 3.45. The highest BCUT2D eigenvalue weighted by Gasteiger charge is 2.13. The van der Waals surface area contributed by atoms with Crippen molar-refractivity contribution in [2.45, 2.75) is 5.88 Å². The monoisotopic (exact) mass is 395 g/mol. The summed E-state index contributed by atoms with van der Waals surface area (Å²) < 4.78 is 0. The van der Waals surface area contributed by atoms with Crippen LogP contribution >= 0.6 is 11.6 Å². The second-order valence-corrected chi connectivity index (χ2v) is 5.92. The second kappa shape index (κ2) is 8.24. The number of nitrogens with zero attached hydrogens (tertiary/aromatic N) is 3. The molecule has 0 aliphatic heterocycles. The summed E-state index contributed by atoms with van der Waals surface area (Å²) in [6.07, 6.45) is 1.28. The maximum absolute atomic E-state index is 12.2. The molecule has 0 saturated heterocycles. The van der Waals surface area contributed by atoms with Crippen molar-refractivity contribution in [1.82, 2.24) is 9.97 Å². The molecule has 9 heteroatoms. The van der Waals surface area contributed by atoms with E-state index < -0.39 is 5.56 Å². The normalized spacial score (nSPS) is 10.7. The van der Waals surface area contributed by atoms with Gasteiger partial charge in [-0.25, -0.2) is 10.4 Å². The molecule has 140 valence electrons. The van der Waals surface area contributed by atoms with E-state index in [2.05, 4.69) is 20.5 Å². The first-order valence-corrected chi connectivity index (χ1v) is 8.56.